The summed E-state index contributed by atoms with van der Waals surface area (Å²) in [5.41, 5.74) is 1.05. The third-order valence-corrected chi connectivity index (χ3v) is 2.52. The molecule has 2 rings (SSSR count). The van der Waals surface area contributed by atoms with Gasteiger partial charge in [0, 0.05) is 6.54 Å². The fourth-order valence-electron chi connectivity index (χ4n) is 1.73. The second kappa shape index (κ2) is 3.83. The minimum Gasteiger partial charge on any atom is -0.478 e. The molecule has 1 N–H and O–H groups in total. The number of carboxylic acid groups (broad SMARTS) is 1. The summed E-state index contributed by atoms with van der Waals surface area (Å²) in [5, 5.41) is 8.67. The predicted molar refractivity (Wildman–Crippen MR) is 53.6 cm³/mol. The maximum atomic E-state index is 12.5. The summed E-state index contributed by atoms with van der Waals surface area (Å²) in [5.74, 6) is -3.54. The van der Waals surface area contributed by atoms with Crippen molar-refractivity contribution in [2.24, 2.45) is 0 Å². The third-order valence-electron chi connectivity index (χ3n) is 2.52. The van der Waals surface area contributed by atoms with Gasteiger partial charge in [0.1, 0.15) is 0 Å². The van der Waals surface area contributed by atoms with Crippen LogP contribution in [0.25, 0.3) is 0 Å². The molecule has 0 aliphatic carbocycles. The van der Waals surface area contributed by atoms with Gasteiger partial charge in [-0.05, 0) is 17.7 Å². The van der Waals surface area contributed by atoms with Gasteiger partial charge in [-0.2, -0.15) is 0 Å². The lowest BCUT2D eigenvalue weighted by Crippen LogP contribution is -2.55. The van der Waals surface area contributed by atoms with Crippen molar-refractivity contribution in [2.75, 3.05) is 13.1 Å². The monoisotopic (exact) mass is 227 g/mol. The highest BCUT2D eigenvalue weighted by molar-refractivity contribution is 5.87. The molecule has 1 aliphatic heterocycles. The van der Waals surface area contributed by atoms with Crippen LogP contribution in [0.3, 0.4) is 0 Å². The molecular formula is C11H11F2NO2. The van der Waals surface area contributed by atoms with Gasteiger partial charge in [0.05, 0.1) is 18.7 Å². The highest BCUT2D eigenvalue weighted by Gasteiger charge is 2.43. The maximum absolute atomic E-state index is 12.5. The van der Waals surface area contributed by atoms with E-state index in [2.05, 4.69) is 0 Å². The Morgan fingerprint density at radius 3 is 2.31 bits per heavy atom. The minimum absolute atomic E-state index is 0.206. The summed E-state index contributed by atoms with van der Waals surface area (Å²) >= 11 is 0. The van der Waals surface area contributed by atoms with Gasteiger partial charge in [0.15, 0.2) is 0 Å². The van der Waals surface area contributed by atoms with Crippen LogP contribution in [0, 0.1) is 0 Å². The molecule has 1 aromatic rings. The molecule has 0 aromatic heterocycles. The van der Waals surface area contributed by atoms with Crippen LogP contribution in [0.2, 0.25) is 0 Å². The van der Waals surface area contributed by atoms with Gasteiger partial charge in [0.25, 0.3) is 5.92 Å². The van der Waals surface area contributed by atoms with Crippen molar-refractivity contribution in [2.45, 2.75) is 12.5 Å². The Labute approximate surface area is 91.3 Å². The molecule has 3 nitrogen and oxygen atoms in total. The van der Waals surface area contributed by atoms with Crippen molar-refractivity contribution in [3.05, 3.63) is 35.4 Å². The van der Waals surface area contributed by atoms with E-state index in [1.165, 1.54) is 12.1 Å². The lowest BCUT2D eigenvalue weighted by atomic mass is 10.1. The molecule has 0 atom stereocenters. The Bertz CT molecular complexity index is 395. The normalized spacial score (nSPS) is 19.1. The fourth-order valence-corrected chi connectivity index (χ4v) is 1.73. The summed E-state index contributed by atoms with van der Waals surface area (Å²) in [6.45, 7) is 0.0108. The first-order valence-corrected chi connectivity index (χ1v) is 4.89. The molecular weight excluding hydrogens is 216 g/mol. The highest BCUT2D eigenvalue weighted by atomic mass is 19.3. The second-order valence-electron chi connectivity index (χ2n) is 4.00. The summed E-state index contributed by atoms with van der Waals surface area (Å²) in [6, 6.07) is 6.27. The first-order valence-electron chi connectivity index (χ1n) is 4.89. The van der Waals surface area contributed by atoms with Crippen LogP contribution in [0.4, 0.5) is 8.78 Å². The molecule has 0 spiro atoms. The SMILES string of the molecule is O=C(O)c1ccc(CN2CC(F)(F)C2)cc1. The summed E-state index contributed by atoms with van der Waals surface area (Å²) in [4.78, 5) is 12.2. The van der Waals surface area contributed by atoms with Crippen molar-refractivity contribution >= 4 is 5.97 Å². The molecule has 1 aliphatic rings. The van der Waals surface area contributed by atoms with Crippen LogP contribution in [-0.4, -0.2) is 35.0 Å². The number of carbonyl (C=O) groups is 1. The Morgan fingerprint density at radius 1 is 1.31 bits per heavy atom. The Balaban J connectivity index is 1.94. The van der Waals surface area contributed by atoms with Crippen LogP contribution < -0.4 is 0 Å². The van der Waals surface area contributed by atoms with Crippen molar-refractivity contribution in [3.8, 4) is 0 Å². The number of carboxylic acids is 1. The van der Waals surface area contributed by atoms with E-state index < -0.39 is 11.9 Å². The zero-order valence-electron chi connectivity index (χ0n) is 8.49. The number of hydrogen-bond acceptors (Lipinski definition) is 2. The van der Waals surface area contributed by atoms with Crippen LogP contribution in [0.1, 0.15) is 15.9 Å². The van der Waals surface area contributed by atoms with E-state index in [-0.39, 0.29) is 18.7 Å². The lowest BCUT2D eigenvalue weighted by Gasteiger charge is -2.38. The number of hydrogen-bond donors (Lipinski definition) is 1. The summed E-state index contributed by atoms with van der Waals surface area (Å²) in [6.07, 6.45) is 0. The maximum Gasteiger partial charge on any atom is 0.335 e. The van der Waals surface area contributed by atoms with Gasteiger partial charge in [-0.1, -0.05) is 12.1 Å². The molecule has 1 heterocycles. The first kappa shape index (κ1) is 11.0. The number of nitrogens with zero attached hydrogens (tertiary/aromatic N) is 1. The predicted octanol–water partition coefficient (Wildman–Crippen LogP) is 1.84. The van der Waals surface area contributed by atoms with Gasteiger partial charge in [-0.3, -0.25) is 4.90 Å². The number of alkyl halides is 2. The first-order chi connectivity index (χ1) is 7.46. The van der Waals surface area contributed by atoms with Gasteiger partial charge in [0.2, 0.25) is 0 Å². The molecule has 16 heavy (non-hydrogen) atoms. The highest BCUT2D eigenvalue weighted by Crippen LogP contribution is 2.27. The van der Waals surface area contributed by atoms with E-state index in [9.17, 15) is 13.6 Å². The van der Waals surface area contributed by atoms with E-state index in [0.29, 0.717) is 6.54 Å². The molecule has 1 saturated heterocycles. The molecule has 0 amide bonds. The average Bonchev–Trinajstić information content (AvgIpc) is 2.15. The average molecular weight is 227 g/mol. The largest absolute Gasteiger partial charge is 0.478 e. The zero-order chi connectivity index (χ0) is 11.8. The number of aromatic carboxylic acids is 1. The smallest absolute Gasteiger partial charge is 0.335 e. The third kappa shape index (κ3) is 2.36. The molecule has 5 heteroatoms. The van der Waals surface area contributed by atoms with Crippen LogP contribution in [0.5, 0.6) is 0 Å². The van der Waals surface area contributed by atoms with Gasteiger partial charge >= 0.3 is 5.97 Å². The Morgan fingerprint density at radius 2 is 1.88 bits per heavy atom. The van der Waals surface area contributed by atoms with Crippen LogP contribution in [0.15, 0.2) is 24.3 Å². The topological polar surface area (TPSA) is 40.5 Å². The van der Waals surface area contributed by atoms with Crippen molar-refractivity contribution in [1.29, 1.82) is 0 Å². The molecule has 0 unspecified atom stereocenters. The van der Waals surface area contributed by atoms with E-state index in [1.54, 1.807) is 17.0 Å². The van der Waals surface area contributed by atoms with Gasteiger partial charge < -0.3 is 5.11 Å². The van der Waals surface area contributed by atoms with E-state index in [0.717, 1.165) is 5.56 Å². The summed E-state index contributed by atoms with van der Waals surface area (Å²) < 4.78 is 25.1. The second-order valence-corrected chi connectivity index (χ2v) is 4.00. The van der Waals surface area contributed by atoms with Crippen molar-refractivity contribution < 1.29 is 18.7 Å². The molecule has 1 fully saturated rings. The number of benzene rings is 1. The minimum atomic E-state index is -2.55. The Kier molecular flexibility index (Phi) is 2.63. The van der Waals surface area contributed by atoms with Crippen LogP contribution >= 0.6 is 0 Å². The molecule has 0 radical (unpaired) electrons. The van der Waals surface area contributed by atoms with E-state index in [1.807, 2.05) is 0 Å². The molecule has 0 saturated carbocycles. The van der Waals surface area contributed by atoms with E-state index in [4.69, 9.17) is 5.11 Å². The van der Waals surface area contributed by atoms with E-state index >= 15 is 0 Å². The summed E-state index contributed by atoms with van der Waals surface area (Å²) in [7, 11) is 0. The number of rotatable bonds is 3. The lowest BCUT2D eigenvalue weighted by molar-refractivity contribution is -0.133. The Hall–Kier alpha value is -1.49. The standard InChI is InChI=1S/C11H11F2NO2/c12-11(13)6-14(7-11)5-8-1-3-9(4-2-8)10(15)16/h1-4H,5-7H2,(H,15,16). The van der Waals surface area contributed by atoms with Gasteiger partial charge in [-0.15, -0.1) is 0 Å². The quantitative estimate of drug-likeness (QED) is 0.856. The fraction of sp³-hybridized carbons (Fsp3) is 0.364. The van der Waals surface area contributed by atoms with Crippen molar-refractivity contribution in [3.63, 3.8) is 0 Å². The van der Waals surface area contributed by atoms with Crippen LogP contribution in [-0.2, 0) is 6.54 Å². The van der Waals surface area contributed by atoms with Crippen molar-refractivity contribution in [1.82, 2.24) is 4.90 Å². The van der Waals surface area contributed by atoms with Gasteiger partial charge in [-0.25, -0.2) is 13.6 Å². The molecule has 86 valence electrons. The number of halogens is 2. The zero-order valence-corrected chi connectivity index (χ0v) is 8.49. The molecule has 1 aromatic carbocycles. The number of likely N-dealkylation sites (tertiary alicyclic amines) is 1. The molecule has 0 bridgehead atoms.